The van der Waals surface area contributed by atoms with Crippen LogP contribution in [0.25, 0.3) is 27.8 Å². The average molecular weight is 330 g/mol. The number of para-hydroxylation sites is 2. The topological polar surface area (TPSA) is 75.3 Å². The molecule has 0 saturated heterocycles. The molecule has 0 fully saturated rings. The molecule has 4 aromatic rings. The van der Waals surface area contributed by atoms with Crippen molar-refractivity contribution in [3.63, 3.8) is 0 Å². The Hall–Kier alpha value is -3.60. The van der Waals surface area contributed by atoms with Crippen molar-refractivity contribution in [2.75, 3.05) is 0 Å². The molecule has 2 aromatic carbocycles. The molecule has 0 atom stereocenters. The lowest BCUT2D eigenvalue weighted by Gasteiger charge is -2.15. The smallest absolute Gasteiger partial charge is 0.268 e. The summed E-state index contributed by atoms with van der Waals surface area (Å²) in [5.74, 6) is -0.264. The lowest BCUT2D eigenvalue weighted by atomic mass is 10.0. The van der Waals surface area contributed by atoms with Crippen molar-refractivity contribution in [2.45, 2.75) is 0 Å². The van der Waals surface area contributed by atoms with Gasteiger partial charge in [-0.2, -0.15) is 0 Å². The van der Waals surface area contributed by atoms with Crippen molar-refractivity contribution >= 4 is 11.0 Å². The van der Waals surface area contributed by atoms with E-state index < -0.39 is 5.56 Å². The van der Waals surface area contributed by atoms with Gasteiger partial charge in [0.05, 0.1) is 16.6 Å². The van der Waals surface area contributed by atoms with E-state index in [1.807, 2.05) is 18.2 Å². The Morgan fingerprint density at radius 3 is 2.32 bits per heavy atom. The fourth-order valence-electron chi connectivity index (χ4n) is 2.95. The molecule has 0 spiro atoms. The molecule has 0 radical (unpaired) electrons. The van der Waals surface area contributed by atoms with Gasteiger partial charge in [-0.1, -0.05) is 36.4 Å². The van der Waals surface area contributed by atoms with E-state index in [-0.39, 0.29) is 22.6 Å². The van der Waals surface area contributed by atoms with Gasteiger partial charge in [-0.15, -0.1) is 0 Å². The summed E-state index contributed by atoms with van der Waals surface area (Å²) in [6, 6.07) is 18.9. The fraction of sp³-hybridized carbons (Fsp3) is 0. The van der Waals surface area contributed by atoms with Gasteiger partial charge in [-0.3, -0.25) is 9.36 Å². The number of hydrogen-bond donors (Lipinski definition) is 2. The van der Waals surface area contributed by atoms with E-state index in [1.165, 1.54) is 10.6 Å². The normalized spacial score (nSPS) is 10.9. The molecule has 0 aliphatic carbocycles. The highest BCUT2D eigenvalue weighted by atomic mass is 16.3. The van der Waals surface area contributed by atoms with E-state index >= 15 is 0 Å². The number of phenols is 1. The predicted molar refractivity (Wildman–Crippen MR) is 96.1 cm³/mol. The molecule has 0 saturated carbocycles. The molecule has 25 heavy (non-hydrogen) atoms. The van der Waals surface area contributed by atoms with E-state index in [0.717, 1.165) is 0 Å². The van der Waals surface area contributed by atoms with Gasteiger partial charge >= 0.3 is 0 Å². The van der Waals surface area contributed by atoms with E-state index in [1.54, 1.807) is 48.7 Å². The Morgan fingerprint density at radius 1 is 0.840 bits per heavy atom. The fourth-order valence-corrected chi connectivity index (χ4v) is 2.95. The highest BCUT2D eigenvalue weighted by Gasteiger charge is 2.21. The first-order chi connectivity index (χ1) is 12.2. The van der Waals surface area contributed by atoms with Crippen LogP contribution in [0.1, 0.15) is 0 Å². The molecule has 5 heteroatoms. The van der Waals surface area contributed by atoms with Gasteiger partial charge in [0.25, 0.3) is 5.56 Å². The summed E-state index contributed by atoms with van der Waals surface area (Å²) in [6.45, 7) is 0. The van der Waals surface area contributed by atoms with Crippen LogP contribution in [0, 0.1) is 0 Å². The first kappa shape index (κ1) is 15.0. The van der Waals surface area contributed by atoms with E-state index in [2.05, 4.69) is 4.98 Å². The van der Waals surface area contributed by atoms with Crippen LogP contribution in [-0.2, 0) is 0 Å². The standard InChI is InChI=1S/C20H14N2O3/c23-16-11-5-4-9-14(16)17-18(24)15-10-6-12-21-19(15)22(20(17)25)13-7-2-1-3-8-13/h1-12,23-24H. The second-order valence-corrected chi connectivity index (χ2v) is 5.59. The third-order valence-electron chi connectivity index (χ3n) is 4.10. The maximum absolute atomic E-state index is 13.2. The van der Waals surface area contributed by atoms with Crippen LogP contribution in [0.3, 0.4) is 0 Å². The maximum atomic E-state index is 13.2. The summed E-state index contributed by atoms with van der Waals surface area (Å²) in [5.41, 5.74) is 0.863. The van der Waals surface area contributed by atoms with Gasteiger partial charge in [0.1, 0.15) is 11.5 Å². The van der Waals surface area contributed by atoms with E-state index in [9.17, 15) is 15.0 Å². The quantitative estimate of drug-likeness (QED) is 0.590. The molecule has 0 bridgehead atoms. The summed E-state index contributed by atoms with van der Waals surface area (Å²) in [6.07, 6.45) is 1.57. The van der Waals surface area contributed by atoms with Crippen molar-refractivity contribution < 1.29 is 10.2 Å². The molecular weight excluding hydrogens is 316 g/mol. The van der Waals surface area contributed by atoms with Crippen molar-refractivity contribution in [1.29, 1.82) is 0 Å². The number of fused-ring (bicyclic) bond motifs is 1. The lowest BCUT2D eigenvalue weighted by molar-refractivity contribution is 0.471. The number of pyridine rings is 2. The number of aromatic nitrogens is 2. The molecule has 2 N–H and O–H groups in total. The van der Waals surface area contributed by atoms with Crippen LogP contribution in [0.15, 0.2) is 77.7 Å². The average Bonchev–Trinajstić information content (AvgIpc) is 2.64. The minimum Gasteiger partial charge on any atom is -0.507 e. The first-order valence-corrected chi connectivity index (χ1v) is 7.75. The van der Waals surface area contributed by atoms with Crippen molar-refractivity contribution in [3.05, 3.63) is 83.3 Å². The monoisotopic (exact) mass is 330 g/mol. The van der Waals surface area contributed by atoms with Gasteiger partial charge < -0.3 is 10.2 Å². The van der Waals surface area contributed by atoms with Gasteiger partial charge in [0.2, 0.25) is 0 Å². The maximum Gasteiger partial charge on any atom is 0.268 e. The molecule has 2 heterocycles. The van der Waals surface area contributed by atoms with Crippen LogP contribution in [0.4, 0.5) is 0 Å². The van der Waals surface area contributed by atoms with Crippen LogP contribution in [-0.4, -0.2) is 19.8 Å². The Morgan fingerprint density at radius 2 is 1.56 bits per heavy atom. The molecule has 0 aliphatic rings. The van der Waals surface area contributed by atoms with Crippen molar-refractivity contribution in [3.8, 4) is 28.3 Å². The summed E-state index contributed by atoms with van der Waals surface area (Å²) in [4.78, 5) is 17.5. The number of aromatic hydroxyl groups is 2. The summed E-state index contributed by atoms with van der Waals surface area (Å²) < 4.78 is 1.44. The van der Waals surface area contributed by atoms with Crippen LogP contribution < -0.4 is 5.56 Å². The Bertz CT molecular complexity index is 1130. The molecule has 0 amide bonds. The van der Waals surface area contributed by atoms with E-state index in [4.69, 9.17) is 0 Å². The van der Waals surface area contributed by atoms with Crippen LogP contribution >= 0.6 is 0 Å². The van der Waals surface area contributed by atoms with Gasteiger partial charge in [-0.25, -0.2) is 4.98 Å². The molecule has 2 aromatic heterocycles. The third kappa shape index (κ3) is 2.33. The minimum absolute atomic E-state index is 0.0439. The summed E-state index contributed by atoms with van der Waals surface area (Å²) in [5, 5.41) is 21.3. The number of phenolic OH excluding ortho intramolecular Hbond substituents is 1. The molecule has 0 aliphatic heterocycles. The lowest BCUT2D eigenvalue weighted by Crippen LogP contribution is -2.21. The van der Waals surface area contributed by atoms with Gasteiger partial charge in [-0.05, 0) is 30.3 Å². The highest BCUT2D eigenvalue weighted by molar-refractivity contribution is 5.92. The van der Waals surface area contributed by atoms with Crippen LogP contribution in [0.2, 0.25) is 0 Å². The zero-order chi connectivity index (χ0) is 17.4. The second-order valence-electron chi connectivity index (χ2n) is 5.59. The minimum atomic E-state index is -0.448. The van der Waals surface area contributed by atoms with Gasteiger partial charge in [0, 0.05) is 11.8 Å². The summed E-state index contributed by atoms with van der Waals surface area (Å²) >= 11 is 0. The number of hydrogen-bond acceptors (Lipinski definition) is 4. The first-order valence-electron chi connectivity index (χ1n) is 7.75. The van der Waals surface area contributed by atoms with Crippen molar-refractivity contribution in [2.24, 2.45) is 0 Å². The molecular formula is C20H14N2O3. The number of nitrogens with zero attached hydrogens (tertiary/aromatic N) is 2. The van der Waals surface area contributed by atoms with Gasteiger partial charge in [0.15, 0.2) is 5.65 Å². The zero-order valence-corrected chi connectivity index (χ0v) is 13.1. The Balaban J connectivity index is 2.20. The Kier molecular flexibility index (Phi) is 3.47. The number of rotatable bonds is 2. The Labute approximate surface area is 143 Å². The molecule has 4 rings (SSSR count). The third-order valence-corrected chi connectivity index (χ3v) is 4.10. The largest absolute Gasteiger partial charge is 0.507 e. The zero-order valence-electron chi connectivity index (χ0n) is 13.1. The second kappa shape index (κ2) is 5.79. The molecule has 122 valence electrons. The molecule has 0 unspecified atom stereocenters. The summed E-state index contributed by atoms with van der Waals surface area (Å²) in [7, 11) is 0. The van der Waals surface area contributed by atoms with E-state index in [0.29, 0.717) is 16.7 Å². The van der Waals surface area contributed by atoms with Crippen LogP contribution in [0.5, 0.6) is 11.5 Å². The number of benzene rings is 2. The highest BCUT2D eigenvalue weighted by Crippen LogP contribution is 2.36. The van der Waals surface area contributed by atoms with Crippen molar-refractivity contribution in [1.82, 2.24) is 9.55 Å². The molecule has 5 nitrogen and oxygen atoms in total. The SMILES string of the molecule is O=c1c(-c2ccccc2O)c(O)c2cccnc2n1-c1ccccc1. The predicted octanol–water partition coefficient (Wildman–Crippen LogP) is 3.46.